The maximum atomic E-state index is 5.55. The zero-order chi connectivity index (χ0) is 17.6. The molecule has 1 fully saturated rings. The fourth-order valence-corrected chi connectivity index (χ4v) is 3.12. The minimum absolute atomic E-state index is 0.774. The number of morpholine rings is 1. The Balaban J connectivity index is 1.68. The number of ether oxygens (including phenoxy) is 2. The molecule has 1 N–H and O–H groups in total. The van der Waals surface area contributed by atoms with Crippen LogP contribution in [0.2, 0.25) is 0 Å². The van der Waals surface area contributed by atoms with E-state index < -0.39 is 0 Å². The lowest BCUT2D eigenvalue weighted by Gasteiger charge is -2.27. The highest BCUT2D eigenvalue weighted by Crippen LogP contribution is 2.23. The smallest absolute Gasteiger partial charge is 0.123 e. The number of benzene rings is 1. The van der Waals surface area contributed by atoms with E-state index in [1.807, 2.05) is 11.6 Å². The lowest BCUT2D eigenvalue weighted by Crippen LogP contribution is -2.35. The van der Waals surface area contributed by atoms with Gasteiger partial charge in [-0.2, -0.15) is 5.10 Å². The average molecular weight is 344 g/mol. The van der Waals surface area contributed by atoms with Gasteiger partial charge in [0.2, 0.25) is 0 Å². The number of nitrogens with one attached hydrogen (secondary N) is 1. The van der Waals surface area contributed by atoms with E-state index in [2.05, 4.69) is 46.6 Å². The molecule has 0 saturated carbocycles. The number of aromatic nitrogens is 2. The number of methoxy groups -OCH3 is 1. The molecule has 0 bridgehead atoms. The zero-order valence-corrected chi connectivity index (χ0v) is 15.4. The number of nitrogens with zero attached hydrogens (tertiary/aromatic N) is 3. The minimum Gasteiger partial charge on any atom is -0.496 e. The first-order valence-electron chi connectivity index (χ1n) is 8.93. The third kappa shape index (κ3) is 4.52. The van der Waals surface area contributed by atoms with Crippen LogP contribution in [0, 0.1) is 6.92 Å². The molecule has 0 radical (unpaired) electrons. The van der Waals surface area contributed by atoms with Gasteiger partial charge in [-0.1, -0.05) is 6.07 Å². The molecule has 1 aliphatic heterocycles. The van der Waals surface area contributed by atoms with Crippen molar-refractivity contribution in [3.05, 3.63) is 41.2 Å². The van der Waals surface area contributed by atoms with Crippen LogP contribution >= 0.6 is 0 Å². The van der Waals surface area contributed by atoms with Crippen molar-refractivity contribution in [2.24, 2.45) is 0 Å². The summed E-state index contributed by atoms with van der Waals surface area (Å²) < 4.78 is 12.9. The summed E-state index contributed by atoms with van der Waals surface area (Å²) in [6.45, 7) is 10.2. The number of hydrogen-bond donors (Lipinski definition) is 1. The number of rotatable bonds is 7. The predicted molar refractivity (Wildman–Crippen MR) is 99.1 cm³/mol. The monoisotopic (exact) mass is 344 g/mol. The molecule has 1 aromatic heterocycles. The SMILES string of the molecule is CCn1cc(NCc2ccc(OC)c(CN3CCOCC3)c2)c(C)n1. The number of anilines is 1. The van der Waals surface area contributed by atoms with Gasteiger partial charge in [0, 0.05) is 44.5 Å². The molecule has 6 nitrogen and oxygen atoms in total. The summed E-state index contributed by atoms with van der Waals surface area (Å²) in [4.78, 5) is 2.41. The molecule has 0 amide bonds. The van der Waals surface area contributed by atoms with Crippen molar-refractivity contribution >= 4 is 5.69 Å². The van der Waals surface area contributed by atoms with Crippen LogP contribution in [-0.2, 0) is 24.4 Å². The maximum absolute atomic E-state index is 5.55. The molecule has 1 aliphatic rings. The Labute approximate surface area is 149 Å². The van der Waals surface area contributed by atoms with Crippen LogP contribution in [0.3, 0.4) is 0 Å². The molecule has 1 aromatic carbocycles. The third-order valence-electron chi connectivity index (χ3n) is 4.60. The Morgan fingerprint density at radius 3 is 2.76 bits per heavy atom. The first-order valence-corrected chi connectivity index (χ1v) is 8.93. The molecule has 2 heterocycles. The Kier molecular flexibility index (Phi) is 5.94. The summed E-state index contributed by atoms with van der Waals surface area (Å²) in [5, 5.41) is 7.97. The molecule has 2 aromatic rings. The van der Waals surface area contributed by atoms with Gasteiger partial charge in [0.25, 0.3) is 0 Å². The molecule has 0 atom stereocenters. The molecule has 0 aliphatic carbocycles. The van der Waals surface area contributed by atoms with E-state index in [9.17, 15) is 0 Å². The molecule has 136 valence electrons. The van der Waals surface area contributed by atoms with Crippen molar-refractivity contribution in [1.29, 1.82) is 0 Å². The number of aryl methyl sites for hydroxylation is 2. The van der Waals surface area contributed by atoms with Crippen molar-refractivity contribution in [3.8, 4) is 5.75 Å². The summed E-state index contributed by atoms with van der Waals surface area (Å²) in [5.74, 6) is 0.949. The van der Waals surface area contributed by atoms with Crippen molar-refractivity contribution in [2.75, 3.05) is 38.7 Å². The average Bonchev–Trinajstić information content (AvgIpc) is 3.01. The Hall–Kier alpha value is -2.05. The van der Waals surface area contributed by atoms with Crippen molar-refractivity contribution in [1.82, 2.24) is 14.7 Å². The molecule has 6 heteroatoms. The van der Waals surface area contributed by atoms with Gasteiger partial charge in [-0.3, -0.25) is 9.58 Å². The normalized spacial score (nSPS) is 15.3. The van der Waals surface area contributed by atoms with E-state index >= 15 is 0 Å². The van der Waals surface area contributed by atoms with E-state index in [1.165, 1.54) is 11.1 Å². The predicted octanol–water partition coefficient (Wildman–Crippen LogP) is 2.66. The largest absolute Gasteiger partial charge is 0.496 e. The topological polar surface area (TPSA) is 51.5 Å². The summed E-state index contributed by atoms with van der Waals surface area (Å²) >= 11 is 0. The first-order chi connectivity index (χ1) is 12.2. The molecule has 25 heavy (non-hydrogen) atoms. The fourth-order valence-electron chi connectivity index (χ4n) is 3.12. The third-order valence-corrected chi connectivity index (χ3v) is 4.60. The summed E-state index contributed by atoms with van der Waals surface area (Å²) in [7, 11) is 1.73. The Bertz CT molecular complexity index is 693. The second kappa shape index (κ2) is 8.36. The quantitative estimate of drug-likeness (QED) is 0.837. The van der Waals surface area contributed by atoms with Crippen LogP contribution < -0.4 is 10.1 Å². The van der Waals surface area contributed by atoms with Crippen LogP contribution in [0.5, 0.6) is 5.75 Å². The van der Waals surface area contributed by atoms with Crippen molar-refractivity contribution in [3.63, 3.8) is 0 Å². The van der Waals surface area contributed by atoms with E-state index in [1.54, 1.807) is 7.11 Å². The van der Waals surface area contributed by atoms with Gasteiger partial charge < -0.3 is 14.8 Å². The van der Waals surface area contributed by atoms with Gasteiger partial charge in [0.15, 0.2) is 0 Å². The van der Waals surface area contributed by atoms with Gasteiger partial charge in [0.05, 0.1) is 31.7 Å². The first kappa shape index (κ1) is 17.8. The van der Waals surface area contributed by atoms with E-state index in [4.69, 9.17) is 9.47 Å². The standard InChI is InChI=1S/C19H28N4O2/c1-4-23-14-18(15(2)21-23)20-12-16-5-6-19(24-3)17(11-16)13-22-7-9-25-10-8-22/h5-6,11,14,20H,4,7-10,12-13H2,1-3H3. The Morgan fingerprint density at radius 2 is 2.08 bits per heavy atom. The molecule has 0 unspecified atom stereocenters. The van der Waals surface area contributed by atoms with E-state index in [-0.39, 0.29) is 0 Å². The van der Waals surface area contributed by atoms with E-state index in [0.717, 1.165) is 63.1 Å². The van der Waals surface area contributed by atoms with Gasteiger partial charge >= 0.3 is 0 Å². The Morgan fingerprint density at radius 1 is 1.28 bits per heavy atom. The molecular formula is C19H28N4O2. The summed E-state index contributed by atoms with van der Waals surface area (Å²) in [5.41, 5.74) is 4.59. The van der Waals surface area contributed by atoms with Gasteiger partial charge in [0.1, 0.15) is 5.75 Å². The minimum atomic E-state index is 0.774. The number of hydrogen-bond acceptors (Lipinski definition) is 5. The molecular weight excluding hydrogens is 316 g/mol. The van der Waals surface area contributed by atoms with Crippen molar-refractivity contribution in [2.45, 2.75) is 33.5 Å². The summed E-state index contributed by atoms with van der Waals surface area (Å²) in [6.07, 6.45) is 2.06. The highest BCUT2D eigenvalue weighted by atomic mass is 16.5. The molecule has 0 spiro atoms. The molecule has 1 saturated heterocycles. The maximum Gasteiger partial charge on any atom is 0.123 e. The lowest BCUT2D eigenvalue weighted by atomic mass is 10.1. The highest BCUT2D eigenvalue weighted by molar-refractivity contribution is 5.47. The van der Waals surface area contributed by atoms with Crippen LogP contribution in [0.15, 0.2) is 24.4 Å². The van der Waals surface area contributed by atoms with Gasteiger partial charge in [-0.15, -0.1) is 0 Å². The van der Waals surface area contributed by atoms with Crippen LogP contribution in [-0.4, -0.2) is 48.1 Å². The van der Waals surface area contributed by atoms with Crippen LogP contribution in [0.1, 0.15) is 23.7 Å². The second-order valence-corrected chi connectivity index (χ2v) is 6.37. The van der Waals surface area contributed by atoms with Crippen LogP contribution in [0.25, 0.3) is 0 Å². The summed E-state index contributed by atoms with van der Waals surface area (Å²) in [6, 6.07) is 6.42. The van der Waals surface area contributed by atoms with Gasteiger partial charge in [-0.25, -0.2) is 0 Å². The highest BCUT2D eigenvalue weighted by Gasteiger charge is 2.14. The molecule has 3 rings (SSSR count). The fraction of sp³-hybridized carbons (Fsp3) is 0.526. The zero-order valence-electron chi connectivity index (χ0n) is 15.4. The van der Waals surface area contributed by atoms with Crippen molar-refractivity contribution < 1.29 is 9.47 Å². The second-order valence-electron chi connectivity index (χ2n) is 6.37. The van der Waals surface area contributed by atoms with Crippen LogP contribution in [0.4, 0.5) is 5.69 Å². The van der Waals surface area contributed by atoms with Gasteiger partial charge in [-0.05, 0) is 31.5 Å². The van der Waals surface area contributed by atoms with E-state index in [0.29, 0.717) is 0 Å². The lowest BCUT2D eigenvalue weighted by molar-refractivity contribution is 0.0339.